The van der Waals surface area contributed by atoms with Crippen molar-refractivity contribution >= 4 is 17.6 Å². The Morgan fingerprint density at radius 2 is 2.00 bits per heavy atom. The van der Waals surface area contributed by atoms with Gasteiger partial charge in [-0.1, -0.05) is 25.4 Å². The van der Waals surface area contributed by atoms with Crippen LogP contribution in [0.3, 0.4) is 0 Å². The van der Waals surface area contributed by atoms with Crippen LogP contribution in [0.25, 0.3) is 0 Å². The van der Waals surface area contributed by atoms with Crippen LogP contribution in [-0.2, 0) is 4.79 Å². The average molecular weight is 279 g/mol. The van der Waals surface area contributed by atoms with Crippen molar-refractivity contribution in [3.63, 3.8) is 0 Å². The van der Waals surface area contributed by atoms with Crippen molar-refractivity contribution in [2.24, 2.45) is 0 Å². The van der Waals surface area contributed by atoms with Crippen LogP contribution in [-0.4, -0.2) is 17.2 Å². The molecule has 0 bridgehead atoms. The van der Waals surface area contributed by atoms with Gasteiger partial charge in [0.2, 0.25) is 0 Å². The Balaban J connectivity index is 3.18. The van der Waals surface area contributed by atoms with E-state index in [1.165, 1.54) is 19.1 Å². The SMILES string of the molecule is Cc1cc(Cl)c(C(C)C)cc1OC(F)(F)C(=O)O. The molecule has 100 valence electrons. The first-order chi connectivity index (χ1) is 8.15. The van der Waals surface area contributed by atoms with Crippen molar-refractivity contribution in [2.75, 3.05) is 0 Å². The molecule has 0 aliphatic rings. The lowest BCUT2D eigenvalue weighted by atomic mass is 10.0. The molecule has 1 N–H and O–H groups in total. The molecule has 0 saturated carbocycles. The van der Waals surface area contributed by atoms with Crippen LogP contribution in [0.4, 0.5) is 8.78 Å². The fourth-order valence-corrected chi connectivity index (χ4v) is 1.84. The van der Waals surface area contributed by atoms with Gasteiger partial charge >= 0.3 is 12.1 Å². The number of carbonyl (C=O) groups is 1. The molecule has 0 aliphatic heterocycles. The van der Waals surface area contributed by atoms with Gasteiger partial charge in [0.1, 0.15) is 5.75 Å². The average Bonchev–Trinajstić information content (AvgIpc) is 2.21. The molecule has 3 nitrogen and oxygen atoms in total. The predicted molar refractivity (Wildman–Crippen MR) is 63.5 cm³/mol. The van der Waals surface area contributed by atoms with Crippen molar-refractivity contribution < 1.29 is 23.4 Å². The van der Waals surface area contributed by atoms with E-state index in [2.05, 4.69) is 4.74 Å². The molecule has 0 spiro atoms. The lowest BCUT2D eigenvalue weighted by Gasteiger charge is -2.18. The highest BCUT2D eigenvalue weighted by Crippen LogP contribution is 2.33. The molecular weight excluding hydrogens is 266 g/mol. The van der Waals surface area contributed by atoms with E-state index in [1.54, 1.807) is 0 Å². The second-order valence-corrected chi connectivity index (χ2v) is 4.63. The highest BCUT2D eigenvalue weighted by atomic mass is 35.5. The van der Waals surface area contributed by atoms with E-state index in [0.717, 1.165) is 0 Å². The van der Waals surface area contributed by atoms with Crippen molar-refractivity contribution in [3.05, 3.63) is 28.3 Å². The van der Waals surface area contributed by atoms with Crippen LogP contribution in [0.1, 0.15) is 30.9 Å². The molecule has 6 heteroatoms. The quantitative estimate of drug-likeness (QED) is 0.910. The number of hydrogen-bond acceptors (Lipinski definition) is 2. The van der Waals surface area contributed by atoms with Crippen molar-refractivity contribution in [1.82, 2.24) is 0 Å². The number of aliphatic carboxylic acids is 1. The van der Waals surface area contributed by atoms with E-state index in [0.29, 0.717) is 16.1 Å². The highest BCUT2D eigenvalue weighted by molar-refractivity contribution is 6.31. The van der Waals surface area contributed by atoms with E-state index < -0.39 is 12.1 Å². The number of rotatable bonds is 4. The largest absolute Gasteiger partial charge is 0.501 e. The maximum Gasteiger partial charge on any atom is 0.501 e. The molecule has 0 aromatic heterocycles. The standard InChI is InChI=1S/C12H13ClF2O3/c1-6(2)8-5-10(7(3)4-9(8)13)18-12(14,15)11(16)17/h4-6H,1-3H3,(H,16,17). The van der Waals surface area contributed by atoms with Gasteiger partial charge in [0.15, 0.2) is 0 Å². The Kier molecular flexibility index (Phi) is 4.16. The number of halogens is 3. The van der Waals surface area contributed by atoms with E-state index in [-0.39, 0.29) is 11.7 Å². The topological polar surface area (TPSA) is 46.5 Å². The summed E-state index contributed by atoms with van der Waals surface area (Å²) in [5, 5.41) is 8.76. The third kappa shape index (κ3) is 3.10. The lowest BCUT2D eigenvalue weighted by molar-refractivity contribution is -0.211. The summed E-state index contributed by atoms with van der Waals surface area (Å²) in [6, 6.07) is 2.82. The Morgan fingerprint density at radius 3 is 2.44 bits per heavy atom. The summed E-state index contributed by atoms with van der Waals surface area (Å²) >= 11 is 5.97. The molecule has 1 aromatic rings. The Bertz CT molecular complexity index is 473. The molecular formula is C12H13ClF2O3. The molecule has 0 fully saturated rings. The van der Waals surface area contributed by atoms with E-state index >= 15 is 0 Å². The first-order valence-electron chi connectivity index (χ1n) is 5.25. The second kappa shape index (κ2) is 5.10. The van der Waals surface area contributed by atoms with Gasteiger partial charge in [0.05, 0.1) is 0 Å². The number of ether oxygens (including phenoxy) is 1. The fraction of sp³-hybridized carbons (Fsp3) is 0.417. The Morgan fingerprint density at radius 1 is 1.44 bits per heavy atom. The zero-order chi connectivity index (χ0) is 14.1. The summed E-state index contributed by atoms with van der Waals surface area (Å²) in [6.07, 6.45) is -4.26. The number of benzene rings is 1. The number of aryl methyl sites for hydroxylation is 1. The smallest absolute Gasteiger partial charge is 0.474 e. The zero-order valence-electron chi connectivity index (χ0n) is 10.1. The van der Waals surface area contributed by atoms with Crippen molar-refractivity contribution in [1.29, 1.82) is 0 Å². The van der Waals surface area contributed by atoms with Gasteiger partial charge < -0.3 is 9.84 Å². The summed E-state index contributed by atoms with van der Waals surface area (Å²) in [5.41, 5.74) is 0.976. The van der Waals surface area contributed by atoms with E-state index in [1.807, 2.05) is 13.8 Å². The minimum absolute atomic E-state index is 0.0129. The fourth-order valence-electron chi connectivity index (χ4n) is 1.40. The van der Waals surface area contributed by atoms with Gasteiger partial charge in [0.25, 0.3) is 0 Å². The van der Waals surface area contributed by atoms with Crippen LogP contribution < -0.4 is 4.74 Å². The van der Waals surface area contributed by atoms with E-state index in [9.17, 15) is 13.6 Å². The van der Waals surface area contributed by atoms with Gasteiger partial charge in [-0.2, -0.15) is 8.78 Å². The zero-order valence-corrected chi connectivity index (χ0v) is 10.9. The molecule has 1 aromatic carbocycles. The first kappa shape index (κ1) is 14.7. The van der Waals surface area contributed by atoms with Gasteiger partial charge in [-0.15, -0.1) is 0 Å². The third-order valence-corrected chi connectivity index (χ3v) is 2.73. The van der Waals surface area contributed by atoms with Crippen LogP contribution in [0.15, 0.2) is 12.1 Å². The Labute approximate surface area is 108 Å². The normalized spacial score (nSPS) is 11.7. The summed E-state index contributed by atoms with van der Waals surface area (Å²) < 4.78 is 30.2. The molecule has 0 saturated heterocycles. The summed E-state index contributed by atoms with van der Waals surface area (Å²) in [7, 11) is 0. The van der Waals surface area contributed by atoms with Crippen molar-refractivity contribution in [3.8, 4) is 5.75 Å². The second-order valence-electron chi connectivity index (χ2n) is 4.22. The van der Waals surface area contributed by atoms with Gasteiger partial charge in [-0.25, -0.2) is 4.79 Å². The van der Waals surface area contributed by atoms with Crippen LogP contribution in [0.2, 0.25) is 5.02 Å². The maximum absolute atomic E-state index is 13.0. The Hall–Kier alpha value is -1.36. The number of carboxylic acid groups (broad SMARTS) is 1. The first-order valence-corrected chi connectivity index (χ1v) is 5.63. The van der Waals surface area contributed by atoms with Gasteiger partial charge in [0, 0.05) is 5.02 Å². The highest BCUT2D eigenvalue weighted by Gasteiger charge is 2.42. The minimum atomic E-state index is -4.26. The lowest BCUT2D eigenvalue weighted by Crippen LogP contribution is -2.35. The molecule has 0 heterocycles. The number of alkyl halides is 2. The third-order valence-electron chi connectivity index (χ3n) is 2.40. The molecule has 0 aliphatic carbocycles. The number of hydrogen-bond donors (Lipinski definition) is 1. The van der Waals surface area contributed by atoms with Crippen LogP contribution in [0, 0.1) is 6.92 Å². The molecule has 1 rings (SSSR count). The van der Waals surface area contributed by atoms with Crippen molar-refractivity contribution in [2.45, 2.75) is 32.8 Å². The molecule has 0 radical (unpaired) electrons. The van der Waals surface area contributed by atoms with Gasteiger partial charge in [-0.05, 0) is 36.1 Å². The summed E-state index contributed by atoms with van der Waals surface area (Å²) in [5.74, 6) is -2.50. The van der Waals surface area contributed by atoms with E-state index in [4.69, 9.17) is 16.7 Å². The molecule has 0 amide bonds. The summed E-state index contributed by atoms with van der Waals surface area (Å²) in [6.45, 7) is 5.20. The minimum Gasteiger partial charge on any atom is -0.474 e. The molecule has 18 heavy (non-hydrogen) atoms. The van der Waals surface area contributed by atoms with Crippen LogP contribution >= 0.6 is 11.6 Å². The summed E-state index contributed by atoms with van der Waals surface area (Å²) in [4.78, 5) is 10.3. The monoisotopic (exact) mass is 278 g/mol. The molecule has 0 unspecified atom stereocenters. The van der Waals surface area contributed by atoms with Crippen LogP contribution in [0.5, 0.6) is 5.75 Å². The maximum atomic E-state index is 13.0. The molecule has 0 atom stereocenters. The van der Waals surface area contributed by atoms with Gasteiger partial charge in [-0.3, -0.25) is 0 Å². The predicted octanol–water partition coefficient (Wildman–Crippen LogP) is 3.83. The number of carboxylic acids is 1.